The zero-order valence-electron chi connectivity index (χ0n) is 16.8. The van der Waals surface area contributed by atoms with Crippen LogP contribution in [0.4, 0.5) is 13.2 Å². The van der Waals surface area contributed by atoms with Crippen molar-refractivity contribution >= 4 is 12.1 Å². The van der Waals surface area contributed by atoms with E-state index in [0.717, 1.165) is 5.70 Å². The van der Waals surface area contributed by atoms with Gasteiger partial charge in [0.1, 0.15) is 0 Å². The van der Waals surface area contributed by atoms with Gasteiger partial charge in [0.05, 0.1) is 13.2 Å². The van der Waals surface area contributed by atoms with Gasteiger partial charge in [-0.3, -0.25) is 4.79 Å². The first-order valence-electron chi connectivity index (χ1n) is 9.20. The number of hydrogen-bond acceptors (Lipinski definition) is 6. The van der Waals surface area contributed by atoms with Gasteiger partial charge in [-0.25, -0.2) is 4.99 Å². The first kappa shape index (κ1) is 22.5. The fourth-order valence-corrected chi connectivity index (χ4v) is 2.48. The summed E-state index contributed by atoms with van der Waals surface area (Å²) in [5.74, 6) is -0.360. The maximum absolute atomic E-state index is 12.4. The van der Waals surface area contributed by atoms with E-state index in [1.165, 1.54) is 6.07 Å². The maximum atomic E-state index is 12.4. The Morgan fingerprint density at radius 3 is 2.66 bits per heavy atom. The third-order valence-electron chi connectivity index (χ3n) is 4.01. The molecule has 7 nitrogen and oxygen atoms in total. The maximum Gasteiger partial charge on any atom is 0.422 e. The Labute approximate surface area is 167 Å². The highest BCUT2D eigenvalue weighted by Gasteiger charge is 2.29. The molecule has 0 radical (unpaired) electrons. The summed E-state index contributed by atoms with van der Waals surface area (Å²) in [6, 6.07) is 2.95. The second kappa shape index (κ2) is 9.62. The van der Waals surface area contributed by atoms with Crippen LogP contribution in [0.15, 0.2) is 28.9 Å². The molecule has 1 aliphatic rings. The topological polar surface area (TPSA) is 76.1 Å². The molecular weight excluding hydrogens is 389 g/mol. The Kier molecular flexibility index (Phi) is 7.46. The fraction of sp³-hybridized carbons (Fsp3) is 0.526. The number of aliphatic imine (C=N–C) groups is 1. The minimum Gasteiger partial charge on any atom is -0.478 e. The molecule has 29 heavy (non-hydrogen) atoms. The number of halogens is 3. The second-order valence-electron chi connectivity index (χ2n) is 6.72. The van der Waals surface area contributed by atoms with Gasteiger partial charge in [-0.05, 0) is 26.0 Å². The highest BCUT2D eigenvalue weighted by atomic mass is 19.4. The van der Waals surface area contributed by atoms with Crippen LogP contribution in [0.2, 0.25) is 0 Å². The number of carbonyl (C=O) groups is 1. The average molecular weight is 414 g/mol. The molecule has 10 heteroatoms. The van der Waals surface area contributed by atoms with Crippen LogP contribution >= 0.6 is 0 Å². The molecule has 2 heterocycles. The summed E-state index contributed by atoms with van der Waals surface area (Å²) < 4.78 is 47.3. The zero-order valence-corrected chi connectivity index (χ0v) is 16.8. The third kappa shape index (κ3) is 6.65. The first-order chi connectivity index (χ1) is 13.6. The van der Waals surface area contributed by atoms with Gasteiger partial charge in [-0.1, -0.05) is 13.8 Å². The fourth-order valence-electron chi connectivity index (χ4n) is 2.48. The SMILES string of the molecule is CCOc1nc(OCC(F)(F)F)ccc1CN1C(C)=CC=NC1NC(=O)C(C)C. The van der Waals surface area contributed by atoms with Crippen LogP contribution in [0.3, 0.4) is 0 Å². The molecule has 0 fully saturated rings. The molecule has 0 aliphatic carbocycles. The summed E-state index contributed by atoms with van der Waals surface area (Å²) in [5.41, 5.74) is 1.48. The predicted octanol–water partition coefficient (Wildman–Crippen LogP) is 3.27. The van der Waals surface area contributed by atoms with Gasteiger partial charge in [0, 0.05) is 29.5 Å². The van der Waals surface area contributed by atoms with Crippen molar-refractivity contribution in [3.8, 4) is 11.8 Å². The Hall–Kier alpha value is -2.78. The van der Waals surface area contributed by atoms with Crippen molar-refractivity contribution in [2.75, 3.05) is 13.2 Å². The third-order valence-corrected chi connectivity index (χ3v) is 4.01. The van der Waals surface area contributed by atoms with E-state index in [-0.39, 0.29) is 36.7 Å². The van der Waals surface area contributed by atoms with Crippen molar-refractivity contribution in [1.82, 2.24) is 15.2 Å². The van der Waals surface area contributed by atoms with Crippen molar-refractivity contribution in [2.45, 2.75) is 46.7 Å². The summed E-state index contributed by atoms with van der Waals surface area (Å²) in [7, 11) is 0. The number of ether oxygens (including phenoxy) is 2. The highest BCUT2D eigenvalue weighted by Crippen LogP contribution is 2.26. The Morgan fingerprint density at radius 2 is 2.03 bits per heavy atom. The van der Waals surface area contributed by atoms with Crippen LogP contribution in [-0.2, 0) is 11.3 Å². The van der Waals surface area contributed by atoms with E-state index in [4.69, 9.17) is 9.47 Å². The summed E-state index contributed by atoms with van der Waals surface area (Å²) in [6.07, 6.45) is -1.65. The van der Waals surface area contributed by atoms with E-state index in [9.17, 15) is 18.0 Å². The Morgan fingerprint density at radius 1 is 1.31 bits per heavy atom. The van der Waals surface area contributed by atoms with E-state index in [1.807, 2.05) is 11.8 Å². The number of allylic oxidation sites excluding steroid dienone is 2. The standard InChI is InChI=1S/C19H25F3N4O3/c1-5-28-17-14(6-7-15(24-17)29-11-19(20,21)22)10-26-13(4)8-9-23-18(26)25-16(27)12(2)3/h6-9,12,18H,5,10-11H2,1-4H3,(H,25,27). The van der Waals surface area contributed by atoms with Crippen LogP contribution in [0, 0.1) is 5.92 Å². The molecule has 1 N–H and O–H groups in total. The quantitative estimate of drug-likeness (QED) is 0.707. The number of nitrogens with zero attached hydrogens (tertiary/aromatic N) is 3. The molecule has 1 unspecified atom stereocenters. The molecule has 1 aromatic rings. The molecule has 0 saturated heterocycles. The van der Waals surface area contributed by atoms with E-state index < -0.39 is 19.1 Å². The normalized spacial score (nSPS) is 16.6. The van der Waals surface area contributed by atoms with E-state index in [0.29, 0.717) is 5.56 Å². The van der Waals surface area contributed by atoms with Crippen LogP contribution in [0.5, 0.6) is 11.8 Å². The number of carbonyl (C=O) groups excluding carboxylic acids is 1. The lowest BCUT2D eigenvalue weighted by molar-refractivity contribution is -0.154. The summed E-state index contributed by atoms with van der Waals surface area (Å²) >= 11 is 0. The lowest BCUT2D eigenvalue weighted by Crippen LogP contribution is -2.48. The molecule has 2 rings (SSSR count). The molecule has 0 bridgehead atoms. The van der Waals surface area contributed by atoms with Crippen LogP contribution in [0.25, 0.3) is 0 Å². The summed E-state index contributed by atoms with van der Waals surface area (Å²) in [5, 5.41) is 2.86. The Bertz CT molecular complexity index is 778. The number of aromatic nitrogens is 1. The molecule has 160 valence electrons. The number of alkyl halides is 3. The predicted molar refractivity (Wildman–Crippen MR) is 102 cm³/mol. The molecular formula is C19H25F3N4O3. The van der Waals surface area contributed by atoms with Crippen molar-refractivity contribution in [3.05, 3.63) is 29.5 Å². The van der Waals surface area contributed by atoms with Gasteiger partial charge in [-0.2, -0.15) is 18.2 Å². The smallest absolute Gasteiger partial charge is 0.422 e. The van der Waals surface area contributed by atoms with E-state index in [2.05, 4.69) is 15.3 Å². The first-order valence-corrected chi connectivity index (χ1v) is 9.20. The molecule has 1 aliphatic heterocycles. The minimum absolute atomic E-state index is 0.147. The monoisotopic (exact) mass is 414 g/mol. The number of pyridine rings is 1. The van der Waals surface area contributed by atoms with Gasteiger partial charge < -0.3 is 19.7 Å². The molecule has 1 amide bonds. The van der Waals surface area contributed by atoms with Crippen molar-refractivity contribution in [2.24, 2.45) is 10.9 Å². The molecule has 0 aromatic carbocycles. The van der Waals surface area contributed by atoms with Gasteiger partial charge in [0.15, 0.2) is 12.9 Å². The van der Waals surface area contributed by atoms with E-state index >= 15 is 0 Å². The molecule has 1 aromatic heterocycles. The van der Waals surface area contributed by atoms with Crippen LogP contribution < -0.4 is 14.8 Å². The largest absolute Gasteiger partial charge is 0.478 e. The van der Waals surface area contributed by atoms with Crippen molar-refractivity contribution in [3.63, 3.8) is 0 Å². The van der Waals surface area contributed by atoms with Crippen LogP contribution in [-0.4, -0.2) is 47.7 Å². The number of amides is 1. The number of hydrogen-bond donors (Lipinski definition) is 1. The van der Waals surface area contributed by atoms with Gasteiger partial charge in [0.2, 0.25) is 17.7 Å². The lowest BCUT2D eigenvalue weighted by Gasteiger charge is -2.34. The van der Waals surface area contributed by atoms with Crippen LogP contribution in [0.1, 0.15) is 33.3 Å². The Balaban J connectivity index is 2.21. The zero-order chi connectivity index (χ0) is 21.6. The van der Waals surface area contributed by atoms with Gasteiger partial charge in [0.25, 0.3) is 0 Å². The molecule has 1 atom stereocenters. The van der Waals surface area contributed by atoms with Gasteiger partial charge in [-0.15, -0.1) is 0 Å². The molecule has 0 spiro atoms. The second-order valence-corrected chi connectivity index (χ2v) is 6.72. The number of nitrogens with one attached hydrogen (secondary N) is 1. The minimum atomic E-state index is -4.46. The molecule has 0 saturated carbocycles. The van der Waals surface area contributed by atoms with Gasteiger partial charge >= 0.3 is 6.18 Å². The average Bonchev–Trinajstić information content (AvgIpc) is 2.63. The van der Waals surface area contributed by atoms with Crippen molar-refractivity contribution in [1.29, 1.82) is 0 Å². The summed E-state index contributed by atoms with van der Waals surface area (Å²) in [6.45, 7) is 6.31. The highest BCUT2D eigenvalue weighted by molar-refractivity contribution is 5.79. The van der Waals surface area contributed by atoms with E-state index in [1.54, 1.807) is 39.1 Å². The van der Waals surface area contributed by atoms with Crippen molar-refractivity contribution < 1.29 is 27.4 Å². The lowest BCUT2D eigenvalue weighted by atomic mass is 10.2. The summed E-state index contributed by atoms with van der Waals surface area (Å²) in [4.78, 5) is 22.3. The number of rotatable bonds is 8.